The Hall–Kier alpha value is -0.720. The average molecular weight is 318 g/mol. The van der Waals surface area contributed by atoms with Crippen LogP contribution in [0.4, 0.5) is 0 Å². The van der Waals surface area contributed by atoms with Crippen LogP contribution in [0.2, 0.25) is 0 Å². The second-order valence-electron chi connectivity index (χ2n) is 7.85. The van der Waals surface area contributed by atoms with Gasteiger partial charge in [-0.3, -0.25) is 0 Å². The molecule has 0 unspecified atom stereocenters. The monoisotopic (exact) mass is 317 g/mol. The van der Waals surface area contributed by atoms with Crippen LogP contribution in [0, 0.1) is 0 Å². The molecule has 2 rings (SSSR count). The lowest BCUT2D eigenvalue weighted by Crippen LogP contribution is -2.27. The third kappa shape index (κ3) is 7.14. The predicted molar refractivity (Wildman–Crippen MR) is 103 cm³/mol. The minimum Gasteiger partial charge on any atom is -0.375 e. The van der Waals surface area contributed by atoms with Crippen LogP contribution in [0.1, 0.15) is 104 Å². The van der Waals surface area contributed by atoms with Crippen LogP contribution in [0.15, 0.2) is 22.9 Å². The van der Waals surface area contributed by atoms with Crippen molar-refractivity contribution in [2.75, 3.05) is 13.1 Å². The predicted octanol–water partition coefficient (Wildman–Crippen LogP) is 7.00. The second-order valence-corrected chi connectivity index (χ2v) is 7.85. The molecule has 2 aliphatic heterocycles. The highest BCUT2D eigenvalue weighted by atomic mass is 15.1. The maximum Gasteiger partial charge on any atom is 0.0175 e. The largest absolute Gasteiger partial charge is 0.375 e. The molecule has 0 aromatic carbocycles. The van der Waals surface area contributed by atoms with Crippen molar-refractivity contribution in [3.05, 3.63) is 22.9 Å². The molecule has 0 spiro atoms. The van der Waals surface area contributed by atoms with E-state index in [-0.39, 0.29) is 0 Å². The summed E-state index contributed by atoms with van der Waals surface area (Å²) in [7, 11) is 0. The van der Waals surface area contributed by atoms with E-state index < -0.39 is 0 Å². The topological polar surface area (TPSA) is 3.24 Å². The Morgan fingerprint density at radius 1 is 0.609 bits per heavy atom. The summed E-state index contributed by atoms with van der Waals surface area (Å²) in [6, 6.07) is 0. The van der Waals surface area contributed by atoms with Crippen LogP contribution >= 0.6 is 0 Å². The fraction of sp³-hybridized carbons (Fsp3) is 0.818. The lowest BCUT2D eigenvalue weighted by molar-refractivity contribution is 0.302. The number of fused-ring (bicyclic) bond motifs is 1. The van der Waals surface area contributed by atoms with Gasteiger partial charge in [0.25, 0.3) is 0 Å². The first kappa shape index (κ1) is 18.6. The molecule has 1 nitrogen and oxygen atoms in total. The van der Waals surface area contributed by atoms with Crippen LogP contribution in [-0.2, 0) is 0 Å². The molecule has 2 aliphatic rings. The minimum absolute atomic E-state index is 1.29. The Morgan fingerprint density at radius 2 is 1.09 bits per heavy atom. The van der Waals surface area contributed by atoms with E-state index in [1.807, 2.05) is 0 Å². The van der Waals surface area contributed by atoms with Gasteiger partial charge in [-0.25, -0.2) is 0 Å². The van der Waals surface area contributed by atoms with Gasteiger partial charge in [-0.1, -0.05) is 63.0 Å². The molecule has 0 bridgehead atoms. The van der Waals surface area contributed by atoms with Gasteiger partial charge < -0.3 is 4.90 Å². The molecule has 0 aliphatic carbocycles. The van der Waals surface area contributed by atoms with Crippen molar-refractivity contribution in [3.63, 3.8) is 0 Å². The van der Waals surface area contributed by atoms with Gasteiger partial charge in [0.2, 0.25) is 0 Å². The summed E-state index contributed by atoms with van der Waals surface area (Å²) in [4.78, 5) is 2.77. The van der Waals surface area contributed by atoms with E-state index in [4.69, 9.17) is 0 Å². The normalized spacial score (nSPS) is 23.9. The first-order valence-corrected chi connectivity index (χ1v) is 10.4. The molecule has 0 aromatic rings. The standard InChI is InChI=1S/C22H39N/c1-20-15-11-7-3-5-9-13-17-23-18-14-10-6-4-8-12-16-22(23)21(2)19-20/h19H,3-18H2,1-2H3. The quantitative estimate of drug-likeness (QED) is 0.465. The third-order valence-electron chi connectivity index (χ3n) is 5.64. The molecule has 132 valence electrons. The Kier molecular flexibility index (Phi) is 8.86. The van der Waals surface area contributed by atoms with Crippen LogP contribution < -0.4 is 0 Å². The average Bonchev–Trinajstić information content (AvgIpc) is 2.55. The molecule has 0 atom stereocenters. The Bertz CT molecular complexity index is 391. The van der Waals surface area contributed by atoms with E-state index in [9.17, 15) is 0 Å². The summed E-state index contributed by atoms with van der Waals surface area (Å²) in [5.74, 6) is 0. The molecule has 0 N–H and O–H groups in total. The Morgan fingerprint density at radius 3 is 1.70 bits per heavy atom. The van der Waals surface area contributed by atoms with Crippen LogP contribution in [0.3, 0.4) is 0 Å². The Labute approximate surface area is 145 Å². The first-order valence-electron chi connectivity index (χ1n) is 10.4. The summed E-state index contributed by atoms with van der Waals surface area (Å²) in [6.45, 7) is 7.30. The van der Waals surface area contributed by atoms with Crippen molar-refractivity contribution in [3.8, 4) is 0 Å². The zero-order chi connectivity index (χ0) is 16.3. The molecule has 0 amide bonds. The zero-order valence-corrected chi connectivity index (χ0v) is 15.8. The first-order chi connectivity index (χ1) is 11.3. The molecule has 0 saturated carbocycles. The highest BCUT2D eigenvalue weighted by Crippen LogP contribution is 2.25. The molecule has 1 heteroatoms. The highest BCUT2D eigenvalue weighted by molar-refractivity contribution is 5.26. The van der Waals surface area contributed by atoms with Crippen molar-refractivity contribution < 1.29 is 0 Å². The minimum atomic E-state index is 1.29. The molecule has 1 fully saturated rings. The van der Waals surface area contributed by atoms with Crippen molar-refractivity contribution in [1.82, 2.24) is 4.90 Å². The van der Waals surface area contributed by atoms with Crippen LogP contribution in [0.5, 0.6) is 0 Å². The number of nitrogens with zero attached hydrogens (tertiary/aromatic N) is 1. The Balaban J connectivity index is 2.17. The lowest BCUT2D eigenvalue weighted by atomic mass is 10.00. The maximum absolute atomic E-state index is 2.77. The van der Waals surface area contributed by atoms with Crippen LogP contribution in [-0.4, -0.2) is 18.0 Å². The number of rotatable bonds is 0. The van der Waals surface area contributed by atoms with Crippen LogP contribution in [0.25, 0.3) is 0 Å². The summed E-state index contributed by atoms with van der Waals surface area (Å²) >= 11 is 0. The van der Waals surface area contributed by atoms with Crippen molar-refractivity contribution in [2.45, 2.75) is 104 Å². The smallest absolute Gasteiger partial charge is 0.0175 e. The number of hydrogen-bond donors (Lipinski definition) is 0. The zero-order valence-electron chi connectivity index (χ0n) is 15.8. The molecule has 0 radical (unpaired) electrons. The molecule has 0 aromatic heterocycles. The second kappa shape index (κ2) is 10.9. The molecular weight excluding hydrogens is 278 g/mol. The number of hydrogen-bond acceptors (Lipinski definition) is 1. The SMILES string of the molecule is CC1=CC(C)=C2CCCCCCCCN2CCCCCCCC1. The van der Waals surface area contributed by atoms with E-state index in [2.05, 4.69) is 24.8 Å². The maximum atomic E-state index is 2.77. The van der Waals surface area contributed by atoms with Gasteiger partial charge in [-0.15, -0.1) is 0 Å². The summed E-state index contributed by atoms with van der Waals surface area (Å²) in [5.41, 5.74) is 4.82. The lowest BCUT2D eigenvalue weighted by Gasteiger charge is -2.30. The van der Waals surface area contributed by atoms with Gasteiger partial charge in [0.05, 0.1) is 0 Å². The van der Waals surface area contributed by atoms with Gasteiger partial charge >= 0.3 is 0 Å². The van der Waals surface area contributed by atoms with E-state index in [0.717, 1.165) is 0 Å². The fourth-order valence-electron chi connectivity index (χ4n) is 4.23. The summed E-state index contributed by atoms with van der Waals surface area (Å²) in [5, 5.41) is 0. The van der Waals surface area contributed by atoms with Gasteiger partial charge in [0, 0.05) is 18.8 Å². The van der Waals surface area contributed by atoms with Gasteiger partial charge in [0.1, 0.15) is 0 Å². The van der Waals surface area contributed by atoms with E-state index in [1.54, 1.807) is 16.8 Å². The van der Waals surface area contributed by atoms with Gasteiger partial charge in [0.15, 0.2) is 0 Å². The van der Waals surface area contributed by atoms with Crippen molar-refractivity contribution in [1.29, 1.82) is 0 Å². The highest BCUT2D eigenvalue weighted by Gasteiger charge is 2.13. The summed E-state index contributed by atoms with van der Waals surface area (Å²) in [6.07, 6.45) is 22.1. The molecule has 2 heterocycles. The molecular formula is C22H39N. The third-order valence-corrected chi connectivity index (χ3v) is 5.64. The van der Waals surface area contributed by atoms with E-state index in [1.165, 1.54) is 103 Å². The fourth-order valence-corrected chi connectivity index (χ4v) is 4.23. The van der Waals surface area contributed by atoms with Gasteiger partial charge in [-0.2, -0.15) is 0 Å². The van der Waals surface area contributed by atoms with Crippen molar-refractivity contribution >= 4 is 0 Å². The molecule has 23 heavy (non-hydrogen) atoms. The van der Waals surface area contributed by atoms with E-state index >= 15 is 0 Å². The molecule has 1 saturated heterocycles. The van der Waals surface area contributed by atoms with Gasteiger partial charge in [-0.05, 0) is 57.9 Å². The van der Waals surface area contributed by atoms with E-state index in [0.29, 0.717) is 0 Å². The summed E-state index contributed by atoms with van der Waals surface area (Å²) < 4.78 is 0. The number of allylic oxidation sites excluding steroid dienone is 4. The van der Waals surface area contributed by atoms with Crippen molar-refractivity contribution in [2.24, 2.45) is 0 Å².